The lowest BCUT2D eigenvalue weighted by Crippen LogP contribution is -2.30. The Morgan fingerprint density at radius 2 is 1.90 bits per heavy atom. The molecule has 2 heterocycles. The van der Waals surface area contributed by atoms with Crippen LogP contribution >= 0.6 is 0 Å². The van der Waals surface area contributed by atoms with Gasteiger partial charge in [0.15, 0.2) is 18.2 Å². The second-order valence-corrected chi connectivity index (χ2v) is 7.52. The molecule has 0 aliphatic rings. The molecule has 4 aromatic rings. The van der Waals surface area contributed by atoms with Crippen molar-refractivity contribution in [3.63, 3.8) is 0 Å². The minimum absolute atomic E-state index is 0.0372. The van der Waals surface area contributed by atoms with E-state index in [0.29, 0.717) is 29.4 Å². The first-order chi connectivity index (χ1) is 14.3. The number of H-pyrrole nitrogens is 2. The summed E-state index contributed by atoms with van der Waals surface area (Å²) >= 11 is 0. The summed E-state index contributed by atoms with van der Waals surface area (Å²) in [6, 6.07) is 8.12. The van der Waals surface area contributed by atoms with E-state index in [2.05, 4.69) is 15.3 Å². The van der Waals surface area contributed by atoms with Gasteiger partial charge in [0, 0.05) is 34.2 Å². The Balaban J connectivity index is 1.37. The summed E-state index contributed by atoms with van der Waals surface area (Å²) in [5.41, 5.74) is 4.85. The van der Waals surface area contributed by atoms with Crippen LogP contribution in [0.15, 0.2) is 30.3 Å². The smallest absolute Gasteiger partial charge is 0.257 e. The van der Waals surface area contributed by atoms with Gasteiger partial charge in [-0.2, -0.15) is 0 Å². The van der Waals surface area contributed by atoms with E-state index in [0.717, 1.165) is 27.9 Å². The maximum atomic E-state index is 14.5. The first-order valence-electron chi connectivity index (χ1n) is 9.78. The number of benzene rings is 2. The van der Waals surface area contributed by atoms with E-state index in [4.69, 9.17) is 4.74 Å². The van der Waals surface area contributed by atoms with Crippen LogP contribution in [0, 0.1) is 32.4 Å². The van der Waals surface area contributed by atoms with Gasteiger partial charge in [-0.3, -0.25) is 4.79 Å². The molecular weight excluding hydrogens is 388 g/mol. The second-order valence-electron chi connectivity index (χ2n) is 7.52. The number of halogens is 2. The highest BCUT2D eigenvalue weighted by atomic mass is 19.1. The summed E-state index contributed by atoms with van der Waals surface area (Å²) < 4.78 is 34.0. The number of aromatic nitrogens is 2. The highest BCUT2D eigenvalue weighted by molar-refractivity contribution is 5.88. The Bertz CT molecular complexity index is 1260. The minimum Gasteiger partial charge on any atom is -0.481 e. The van der Waals surface area contributed by atoms with Crippen molar-refractivity contribution < 1.29 is 18.3 Å². The molecule has 0 spiro atoms. The Hall–Kier alpha value is -3.35. The minimum atomic E-state index is -0.489. The van der Waals surface area contributed by atoms with Crippen LogP contribution in [-0.2, 0) is 11.2 Å². The summed E-state index contributed by atoms with van der Waals surface area (Å²) in [7, 11) is 0. The van der Waals surface area contributed by atoms with Crippen LogP contribution in [-0.4, -0.2) is 29.0 Å². The van der Waals surface area contributed by atoms with Gasteiger partial charge >= 0.3 is 0 Å². The number of rotatable bonds is 6. The number of amides is 1. The molecule has 5 nitrogen and oxygen atoms in total. The number of hydrogen-bond acceptors (Lipinski definition) is 2. The van der Waals surface area contributed by atoms with Crippen molar-refractivity contribution >= 4 is 27.7 Å². The van der Waals surface area contributed by atoms with Crippen LogP contribution in [0.5, 0.6) is 5.75 Å². The van der Waals surface area contributed by atoms with Gasteiger partial charge < -0.3 is 20.0 Å². The van der Waals surface area contributed by atoms with E-state index in [1.807, 2.05) is 20.8 Å². The molecule has 1 amide bonds. The lowest BCUT2D eigenvalue weighted by atomic mass is 10.0. The van der Waals surface area contributed by atoms with E-state index in [1.54, 1.807) is 18.2 Å². The van der Waals surface area contributed by atoms with Crippen LogP contribution in [0.3, 0.4) is 0 Å². The topological polar surface area (TPSA) is 69.9 Å². The van der Waals surface area contributed by atoms with Gasteiger partial charge in [-0.1, -0.05) is 6.07 Å². The Kier molecular flexibility index (Phi) is 5.20. The third-order valence-corrected chi connectivity index (χ3v) is 5.32. The SMILES string of the molecule is Cc1cc2c(F)c(OCC(=O)NCCc3c(C)[nH]c4c(F)ccc(C)c34)ccc2[nH]1. The van der Waals surface area contributed by atoms with E-state index in [1.165, 1.54) is 12.1 Å². The molecule has 0 unspecified atom stereocenters. The summed E-state index contributed by atoms with van der Waals surface area (Å²) in [6.07, 6.45) is 0.546. The normalized spacial score (nSPS) is 11.4. The van der Waals surface area contributed by atoms with Crippen LogP contribution in [0.1, 0.15) is 22.5 Å². The van der Waals surface area contributed by atoms with Gasteiger partial charge in [0.2, 0.25) is 0 Å². The third kappa shape index (κ3) is 3.63. The maximum absolute atomic E-state index is 14.5. The zero-order chi connectivity index (χ0) is 21.4. The first kappa shape index (κ1) is 19.9. The maximum Gasteiger partial charge on any atom is 0.257 e. The number of aromatic amines is 2. The Morgan fingerprint density at radius 1 is 1.10 bits per heavy atom. The molecule has 0 aliphatic heterocycles. The molecule has 2 aromatic heterocycles. The van der Waals surface area contributed by atoms with Crippen LogP contribution in [0.2, 0.25) is 0 Å². The van der Waals surface area contributed by atoms with Gasteiger partial charge in [0.05, 0.1) is 5.52 Å². The zero-order valence-electron chi connectivity index (χ0n) is 17.1. The summed E-state index contributed by atoms with van der Waals surface area (Å²) in [6.45, 7) is 5.75. The van der Waals surface area contributed by atoms with Gasteiger partial charge in [0.1, 0.15) is 5.82 Å². The summed E-state index contributed by atoms with van der Waals surface area (Å²) in [5.74, 6) is -1.09. The number of aryl methyl sites for hydroxylation is 3. The van der Waals surface area contributed by atoms with Crippen molar-refractivity contribution in [3.05, 3.63) is 64.5 Å². The summed E-state index contributed by atoms with van der Waals surface area (Å²) in [5, 5.41) is 4.07. The molecule has 30 heavy (non-hydrogen) atoms. The molecular formula is C23H23F2N3O2. The first-order valence-corrected chi connectivity index (χ1v) is 9.78. The average molecular weight is 411 g/mol. The van der Waals surface area contributed by atoms with Gasteiger partial charge in [0.25, 0.3) is 5.91 Å². The molecule has 156 valence electrons. The molecule has 7 heteroatoms. The van der Waals surface area contributed by atoms with Gasteiger partial charge in [-0.05, 0) is 62.6 Å². The number of carbonyl (C=O) groups excluding carboxylic acids is 1. The van der Waals surface area contributed by atoms with Crippen molar-refractivity contribution in [2.24, 2.45) is 0 Å². The van der Waals surface area contributed by atoms with Crippen molar-refractivity contribution in [1.82, 2.24) is 15.3 Å². The number of nitrogens with one attached hydrogen (secondary N) is 3. The summed E-state index contributed by atoms with van der Waals surface area (Å²) in [4.78, 5) is 18.3. The lowest BCUT2D eigenvalue weighted by Gasteiger charge is -2.09. The quantitative estimate of drug-likeness (QED) is 0.434. The van der Waals surface area contributed by atoms with E-state index in [-0.39, 0.29) is 24.1 Å². The molecule has 0 atom stereocenters. The van der Waals surface area contributed by atoms with Crippen LogP contribution in [0.4, 0.5) is 8.78 Å². The average Bonchev–Trinajstić information content (AvgIpc) is 3.25. The molecule has 3 N–H and O–H groups in total. The Morgan fingerprint density at radius 3 is 2.70 bits per heavy atom. The van der Waals surface area contributed by atoms with Crippen molar-refractivity contribution in [3.8, 4) is 5.75 Å². The zero-order valence-corrected chi connectivity index (χ0v) is 17.1. The van der Waals surface area contributed by atoms with Gasteiger partial charge in [-0.25, -0.2) is 8.78 Å². The second kappa shape index (κ2) is 7.82. The molecule has 2 aromatic carbocycles. The monoisotopic (exact) mass is 411 g/mol. The van der Waals surface area contributed by atoms with E-state index < -0.39 is 5.82 Å². The standard InChI is InChI=1S/C23H23F2N3O2/c1-12-4-5-17(24)23-21(12)15(14(3)28-23)8-9-26-20(29)11-30-19-7-6-18-16(22(19)25)10-13(2)27-18/h4-7,10,27-28H,8-9,11H2,1-3H3,(H,26,29). The molecule has 0 saturated carbocycles. The van der Waals surface area contributed by atoms with Crippen LogP contribution in [0.25, 0.3) is 21.8 Å². The molecule has 0 radical (unpaired) electrons. The largest absolute Gasteiger partial charge is 0.481 e. The van der Waals surface area contributed by atoms with Crippen LogP contribution < -0.4 is 10.1 Å². The van der Waals surface area contributed by atoms with Crippen molar-refractivity contribution in [2.45, 2.75) is 27.2 Å². The number of fused-ring (bicyclic) bond motifs is 2. The fourth-order valence-corrected chi connectivity index (χ4v) is 3.88. The predicted molar refractivity (Wildman–Crippen MR) is 113 cm³/mol. The predicted octanol–water partition coefficient (Wildman–Crippen LogP) is 4.59. The Labute approximate surface area is 172 Å². The third-order valence-electron chi connectivity index (χ3n) is 5.32. The molecule has 0 saturated heterocycles. The lowest BCUT2D eigenvalue weighted by molar-refractivity contribution is -0.123. The number of ether oxygens (including phenoxy) is 1. The molecule has 0 aliphatic carbocycles. The number of carbonyl (C=O) groups is 1. The molecule has 0 bridgehead atoms. The highest BCUT2D eigenvalue weighted by Gasteiger charge is 2.15. The van der Waals surface area contributed by atoms with Gasteiger partial charge in [-0.15, -0.1) is 0 Å². The van der Waals surface area contributed by atoms with E-state index in [9.17, 15) is 13.6 Å². The van der Waals surface area contributed by atoms with Crippen molar-refractivity contribution in [2.75, 3.05) is 13.2 Å². The fraction of sp³-hybridized carbons (Fsp3) is 0.261. The van der Waals surface area contributed by atoms with E-state index >= 15 is 0 Å². The highest BCUT2D eigenvalue weighted by Crippen LogP contribution is 2.28. The molecule has 4 rings (SSSR count). The fourth-order valence-electron chi connectivity index (χ4n) is 3.88. The molecule has 0 fully saturated rings. The van der Waals surface area contributed by atoms with Crippen molar-refractivity contribution in [1.29, 1.82) is 0 Å². The number of hydrogen-bond donors (Lipinski definition) is 3.